The average Bonchev–Trinajstić information content (AvgIpc) is 3.32. The molecule has 1 fully saturated rings. The molecule has 0 unspecified atom stereocenters. The van der Waals surface area contributed by atoms with Crippen molar-refractivity contribution in [2.24, 2.45) is 0 Å². The number of ether oxygens (including phenoxy) is 1. The first-order chi connectivity index (χ1) is 15.1. The van der Waals surface area contributed by atoms with Gasteiger partial charge in [-0.15, -0.1) is 0 Å². The van der Waals surface area contributed by atoms with E-state index in [0.29, 0.717) is 13.0 Å². The molecule has 0 N–H and O–H groups in total. The highest BCUT2D eigenvalue weighted by atomic mass is 16.5. The number of aromatic nitrogens is 2. The van der Waals surface area contributed by atoms with E-state index in [2.05, 4.69) is 49.6 Å². The SMILES string of the molecule is CCCCN1C[C@H](c2nc3ccccc3n2CCCOc2cccc(C)c2C)CC1=O. The second-order valence-corrected chi connectivity index (χ2v) is 8.60. The van der Waals surface area contributed by atoms with Crippen LogP contribution < -0.4 is 4.74 Å². The number of carbonyl (C=O) groups is 1. The Kier molecular flexibility index (Phi) is 6.59. The molecule has 1 aliphatic rings. The Balaban J connectivity index is 1.48. The number of unbranched alkanes of at least 4 members (excludes halogenated alkanes) is 1. The minimum atomic E-state index is 0.164. The quantitative estimate of drug-likeness (QED) is 0.446. The van der Waals surface area contributed by atoms with Crippen LogP contribution in [-0.4, -0.2) is 40.1 Å². The second-order valence-electron chi connectivity index (χ2n) is 8.60. The highest BCUT2D eigenvalue weighted by Crippen LogP contribution is 2.31. The van der Waals surface area contributed by atoms with Gasteiger partial charge >= 0.3 is 0 Å². The molecule has 1 amide bonds. The molecule has 1 aromatic heterocycles. The topological polar surface area (TPSA) is 47.4 Å². The van der Waals surface area contributed by atoms with Crippen molar-refractivity contribution >= 4 is 16.9 Å². The third-order valence-electron chi connectivity index (χ3n) is 6.38. The number of carbonyl (C=O) groups excluding carboxylic acids is 1. The van der Waals surface area contributed by atoms with Gasteiger partial charge in [-0.2, -0.15) is 0 Å². The molecule has 0 aliphatic carbocycles. The van der Waals surface area contributed by atoms with Crippen LogP contribution in [0.5, 0.6) is 5.75 Å². The summed E-state index contributed by atoms with van der Waals surface area (Å²) in [6, 6.07) is 14.5. The van der Waals surface area contributed by atoms with Crippen molar-refractivity contribution in [2.75, 3.05) is 19.7 Å². The summed E-state index contributed by atoms with van der Waals surface area (Å²) in [5, 5.41) is 0. The molecule has 0 radical (unpaired) electrons. The molecule has 164 valence electrons. The minimum Gasteiger partial charge on any atom is -0.493 e. The van der Waals surface area contributed by atoms with Crippen molar-refractivity contribution in [1.29, 1.82) is 0 Å². The summed E-state index contributed by atoms with van der Waals surface area (Å²) < 4.78 is 8.38. The summed E-state index contributed by atoms with van der Waals surface area (Å²) in [6.07, 6.45) is 3.62. The van der Waals surface area contributed by atoms with Crippen molar-refractivity contribution in [1.82, 2.24) is 14.5 Å². The number of rotatable bonds is 9. The zero-order chi connectivity index (χ0) is 21.8. The predicted octanol–water partition coefficient (Wildman–Crippen LogP) is 5.24. The molecule has 1 saturated heterocycles. The zero-order valence-corrected chi connectivity index (χ0v) is 18.9. The van der Waals surface area contributed by atoms with Gasteiger partial charge < -0.3 is 14.2 Å². The fourth-order valence-corrected chi connectivity index (χ4v) is 4.44. The molecule has 1 aliphatic heterocycles. The normalized spacial score (nSPS) is 16.4. The molecular formula is C26H33N3O2. The number of hydrogen-bond acceptors (Lipinski definition) is 3. The number of fused-ring (bicyclic) bond motifs is 1. The van der Waals surface area contributed by atoms with Crippen LogP contribution in [0.25, 0.3) is 11.0 Å². The summed E-state index contributed by atoms with van der Waals surface area (Å²) >= 11 is 0. The summed E-state index contributed by atoms with van der Waals surface area (Å²) in [6.45, 7) is 9.50. The van der Waals surface area contributed by atoms with Gasteiger partial charge in [0.15, 0.2) is 0 Å². The molecule has 5 heteroatoms. The third-order valence-corrected chi connectivity index (χ3v) is 6.38. The maximum Gasteiger partial charge on any atom is 0.223 e. The Bertz CT molecular complexity index is 1060. The molecule has 0 saturated carbocycles. The van der Waals surface area contributed by atoms with Gasteiger partial charge in [0, 0.05) is 32.0 Å². The van der Waals surface area contributed by atoms with Crippen molar-refractivity contribution in [2.45, 2.75) is 58.9 Å². The van der Waals surface area contributed by atoms with Gasteiger partial charge in [0.1, 0.15) is 11.6 Å². The van der Waals surface area contributed by atoms with Gasteiger partial charge in [-0.1, -0.05) is 37.6 Å². The van der Waals surface area contributed by atoms with Crippen LogP contribution in [0.15, 0.2) is 42.5 Å². The Morgan fingerprint density at radius 1 is 1.06 bits per heavy atom. The summed E-state index contributed by atoms with van der Waals surface area (Å²) in [7, 11) is 0. The predicted molar refractivity (Wildman–Crippen MR) is 125 cm³/mol. The Labute approximate surface area is 185 Å². The molecule has 3 aromatic rings. The van der Waals surface area contributed by atoms with Gasteiger partial charge in [-0.05, 0) is 56.0 Å². The van der Waals surface area contributed by atoms with Crippen LogP contribution in [0.1, 0.15) is 55.5 Å². The van der Waals surface area contributed by atoms with Crippen LogP contribution in [0, 0.1) is 13.8 Å². The molecule has 0 spiro atoms. The molecule has 5 nitrogen and oxygen atoms in total. The highest BCUT2D eigenvalue weighted by Gasteiger charge is 2.33. The van der Waals surface area contributed by atoms with E-state index >= 15 is 0 Å². The standard InChI is InChI=1S/C26H33N3O2/c1-4-5-14-28-18-21(17-25(28)30)26-27-22-11-6-7-12-23(22)29(26)15-9-16-31-24-13-8-10-19(2)20(24)3/h6-8,10-13,21H,4-5,9,14-18H2,1-3H3/t21-/m1/s1. The van der Waals surface area contributed by atoms with E-state index in [1.807, 2.05) is 23.1 Å². The van der Waals surface area contributed by atoms with Crippen LogP contribution >= 0.6 is 0 Å². The van der Waals surface area contributed by atoms with Crippen LogP contribution in [0.3, 0.4) is 0 Å². The van der Waals surface area contributed by atoms with E-state index in [1.165, 1.54) is 11.1 Å². The largest absolute Gasteiger partial charge is 0.493 e. The van der Waals surface area contributed by atoms with Crippen molar-refractivity contribution in [3.63, 3.8) is 0 Å². The zero-order valence-electron chi connectivity index (χ0n) is 18.9. The molecule has 31 heavy (non-hydrogen) atoms. The number of para-hydroxylation sites is 2. The maximum atomic E-state index is 12.5. The van der Waals surface area contributed by atoms with E-state index in [1.54, 1.807) is 0 Å². The number of amides is 1. The van der Waals surface area contributed by atoms with Crippen LogP contribution in [-0.2, 0) is 11.3 Å². The highest BCUT2D eigenvalue weighted by molar-refractivity contribution is 5.80. The fraction of sp³-hybridized carbons (Fsp3) is 0.462. The number of aryl methyl sites for hydroxylation is 2. The molecular weight excluding hydrogens is 386 g/mol. The smallest absolute Gasteiger partial charge is 0.223 e. The van der Waals surface area contributed by atoms with E-state index in [4.69, 9.17) is 9.72 Å². The van der Waals surface area contributed by atoms with Gasteiger partial charge in [0.05, 0.1) is 17.6 Å². The van der Waals surface area contributed by atoms with Crippen LogP contribution in [0.2, 0.25) is 0 Å². The van der Waals surface area contributed by atoms with Crippen molar-refractivity contribution in [3.8, 4) is 5.75 Å². The van der Waals surface area contributed by atoms with E-state index < -0.39 is 0 Å². The summed E-state index contributed by atoms with van der Waals surface area (Å²) in [4.78, 5) is 19.5. The van der Waals surface area contributed by atoms with Crippen molar-refractivity contribution in [3.05, 3.63) is 59.4 Å². The van der Waals surface area contributed by atoms with Gasteiger partial charge in [-0.25, -0.2) is 4.98 Å². The lowest BCUT2D eigenvalue weighted by molar-refractivity contribution is -0.127. The van der Waals surface area contributed by atoms with E-state index in [0.717, 1.165) is 61.5 Å². The average molecular weight is 420 g/mol. The summed E-state index contributed by atoms with van der Waals surface area (Å²) in [5.41, 5.74) is 4.60. The lowest BCUT2D eigenvalue weighted by Crippen LogP contribution is -2.26. The lowest BCUT2D eigenvalue weighted by Gasteiger charge is -2.17. The minimum absolute atomic E-state index is 0.164. The van der Waals surface area contributed by atoms with E-state index in [-0.39, 0.29) is 11.8 Å². The van der Waals surface area contributed by atoms with Crippen molar-refractivity contribution < 1.29 is 9.53 Å². The first kappa shape index (κ1) is 21.4. The summed E-state index contributed by atoms with van der Waals surface area (Å²) in [5.74, 6) is 2.43. The number of benzene rings is 2. The third kappa shape index (κ3) is 4.60. The number of likely N-dealkylation sites (tertiary alicyclic amines) is 1. The lowest BCUT2D eigenvalue weighted by atomic mass is 10.1. The number of hydrogen-bond donors (Lipinski definition) is 0. The number of imidazole rings is 1. The number of nitrogens with zero attached hydrogens (tertiary/aromatic N) is 3. The Morgan fingerprint density at radius 2 is 1.90 bits per heavy atom. The Morgan fingerprint density at radius 3 is 2.74 bits per heavy atom. The van der Waals surface area contributed by atoms with Gasteiger partial charge in [-0.3, -0.25) is 4.79 Å². The van der Waals surface area contributed by atoms with E-state index in [9.17, 15) is 4.79 Å². The van der Waals surface area contributed by atoms with Gasteiger partial charge in [0.2, 0.25) is 5.91 Å². The molecule has 2 aromatic carbocycles. The maximum absolute atomic E-state index is 12.5. The fourth-order valence-electron chi connectivity index (χ4n) is 4.44. The van der Waals surface area contributed by atoms with Gasteiger partial charge in [0.25, 0.3) is 0 Å². The monoisotopic (exact) mass is 419 g/mol. The first-order valence-electron chi connectivity index (χ1n) is 11.5. The van der Waals surface area contributed by atoms with Crippen LogP contribution in [0.4, 0.5) is 0 Å². The Hall–Kier alpha value is -2.82. The first-order valence-corrected chi connectivity index (χ1v) is 11.5. The molecule has 2 heterocycles. The molecule has 0 bridgehead atoms. The second kappa shape index (κ2) is 9.54. The molecule has 4 rings (SSSR count). The molecule has 1 atom stereocenters.